The fourth-order valence-corrected chi connectivity index (χ4v) is 1.63. The number of carboxylic acids is 1. The molecular weight excluding hydrogens is 238 g/mol. The van der Waals surface area contributed by atoms with Crippen LogP contribution >= 0.6 is 0 Å². The third-order valence-electron chi connectivity index (χ3n) is 2.38. The maximum absolute atomic E-state index is 11.0. The van der Waals surface area contributed by atoms with E-state index in [0.29, 0.717) is 30.9 Å². The molecule has 0 aromatic carbocycles. The van der Waals surface area contributed by atoms with Gasteiger partial charge in [0.1, 0.15) is 5.69 Å². The molecule has 3 N–H and O–H groups in total. The Kier molecular flexibility index (Phi) is 3.33. The fourth-order valence-electron chi connectivity index (χ4n) is 1.63. The van der Waals surface area contributed by atoms with E-state index in [4.69, 9.17) is 10.8 Å². The van der Waals surface area contributed by atoms with Crippen molar-refractivity contribution >= 4 is 5.97 Å². The van der Waals surface area contributed by atoms with Gasteiger partial charge in [-0.1, -0.05) is 10.4 Å². The summed E-state index contributed by atoms with van der Waals surface area (Å²) in [4.78, 5) is 11.0. The van der Waals surface area contributed by atoms with Gasteiger partial charge >= 0.3 is 5.97 Å². The van der Waals surface area contributed by atoms with Crippen molar-refractivity contribution in [2.24, 2.45) is 12.8 Å². The van der Waals surface area contributed by atoms with Crippen molar-refractivity contribution in [3.63, 3.8) is 0 Å². The second-order valence-electron chi connectivity index (χ2n) is 3.77. The summed E-state index contributed by atoms with van der Waals surface area (Å²) in [6.07, 6.45) is 2.13. The van der Waals surface area contributed by atoms with Gasteiger partial charge in [-0.2, -0.15) is 0 Å². The summed E-state index contributed by atoms with van der Waals surface area (Å²) in [7, 11) is 1.75. The molecule has 2 aromatic heterocycles. The zero-order chi connectivity index (χ0) is 13.1. The first-order valence-corrected chi connectivity index (χ1v) is 5.32. The Morgan fingerprint density at radius 3 is 2.78 bits per heavy atom. The van der Waals surface area contributed by atoms with Crippen LogP contribution in [0.4, 0.5) is 0 Å². The minimum Gasteiger partial charge on any atom is -0.476 e. The molecule has 0 spiro atoms. The van der Waals surface area contributed by atoms with Gasteiger partial charge in [0, 0.05) is 19.7 Å². The summed E-state index contributed by atoms with van der Waals surface area (Å²) in [5.74, 6) is -1.11. The first kappa shape index (κ1) is 12.2. The summed E-state index contributed by atoms with van der Waals surface area (Å²) >= 11 is 0. The van der Waals surface area contributed by atoms with Gasteiger partial charge in [-0.25, -0.2) is 9.48 Å². The normalized spacial score (nSPS) is 10.8. The van der Waals surface area contributed by atoms with Crippen molar-refractivity contribution in [3.05, 3.63) is 23.3 Å². The van der Waals surface area contributed by atoms with Crippen LogP contribution in [0, 0.1) is 0 Å². The van der Waals surface area contributed by atoms with Crippen molar-refractivity contribution in [2.45, 2.75) is 13.0 Å². The minimum atomic E-state index is -1.11. The maximum atomic E-state index is 11.0. The van der Waals surface area contributed by atoms with Crippen molar-refractivity contribution in [1.82, 2.24) is 30.0 Å². The first-order valence-electron chi connectivity index (χ1n) is 5.32. The number of aryl methyl sites for hydroxylation is 1. The number of nitrogens with zero attached hydrogens (tertiary/aromatic N) is 6. The Bertz CT molecular complexity index is 559. The molecular formula is C9H13N7O2. The van der Waals surface area contributed by atoms with E-state index in [2.05, 4.69) is 20.6 Å². The molecule has 0 aliphatic heterocycles. The topological polar surface area (TPSA) is 125 Å². The third-order valence-corrected chi connectivity index (χ3v) is 2.38. The van der Waals surface area contributed by atoms with E-state index in [0.717, 1.165) is 0 Å². The molecule has 0 unspecified atom stereocenters. The highest BCUT2D eigenvalue weighted by Crippen LogP contribution is 2.08. The number of nitrogens with two attached hydrogens (primary N) is 1. The van der Waals surface area contributed by atoms with E-state index < -0.39 is 5.97 Å². The Labute approximate surface area is 102 Å². The number of aromatic nitrogens is 6. The average Bonchev–Trinajstić information content (AvgIpc) is 2.88. The molecule has 2 heterocycles. The van der Waals surface area contributed by atoms with Crippen LogP contribution in [0.15, 0.2) is 6.20 Å². The molecule has 0 atom stereocenters. The lowest BCUT2D eigenvalue weighted by molar-refractivity contribution is 0.0689. The molecule has 0 aliphatic carbocycles. The lowest BCUT2D eigenvalue weighted by Gasteiger charge is -2.03. The summed E-state index contributed by atoms with van der Waals surface area (Å²) in [6.45, 7) is 0.650. The van der Waals surface area contributed by atoms with Crippen molar-refractivity contribution in [2.75, 3.05) is 6.54 Å². The molecule has 96 valence electrons. The molecule has 2 aromatic rings. The third kappa shape index (κ3) is 2.35. The van der Waals surface area contributed by atoms with Crippen molar-refractivity contribution < 1.29 is 9.90 Å². The first-order chi connectivity index (χ1) is 8.61. The van der Waals surface area contributed by atoms with Crippen LogP contribution in [-0.2, 0) is 20.0 Å². The van der Waals surface area contributed by atoms with E-state index in [9.17, 15) is 4.79 Å². The summed E-state index contributed by atoms with van der Waals surface area (Å²) in [6, 6.07) is 0. The summed E-state index contributed by atoms with van der Waals surface area (Å²) in [5.41, 5.74) is 6.57. The predicted molar refractivity (Wildman–Crippen MR) is 59.8 cm³/mol. The minimum absolute atomic E-state index is 0.0654. The molecule has 0 saturated carbocycles. The number of hydrogen-bond acceptors (Lipinski definition) is 6. The molecule has 0 amide bonds. The van der Waals surface area contributed by atoms with E-state index >= 15 is 0 Å². The summed E-state index contributed by atoms with van der Waals surface area (Å²) in [5, 5.41) is 24.1. The Hall–Kier alpha value is -2.29. The lowest BCUT2D eigenvalue weighted by atomic mass is 10.2. The molecule has 0 radical (unpaired) electrons. The van der Waals surface area contributed by atoms with Crippen molar-refractivity contribution in [1.29, 1.82) is 0 Å². The van der Waals surface area contributed by atoms with Crippen LogP contribution in [0.1, 0.15) is 21.9 Å². The Morgan fingerprint density at radius 2 is 2.22 bits per heavy atom. The van der Waals surface area contributed by atoms with Gasteiger partial charge in [-0.05, 0) is 6.54 Å². The van der Waals surface area contributed by atoms with E-state index in [1.54, 1.807) is 17.9 Å². The second kappa shape index (κ2) is 4.92. The van der Waals surface area contributed by atoms with Gasteiger partial charge in [-0.3, -0.25) is 4.68 Å². The quantitative estimate of drug-likeness (QED) is 0.673. The fraction of sp³-hybridized carbons (Fsp3) is 0.444. The van der Waals surface area contributed by atoms with E-state index in [1.165, 1.54) is 4.68 Å². The van der Waals surface area contributed by atoms with Gasteiger partial charge in [0.15, 0.2) is 5.69 Å². The van der Waals surface area contributed by atoms with Gasteiger partial charge in [-0.15, -0.1) is 10.2 Å². The van der Waals surface area contributed by atoms with Crippen LogP contribution in [0.25, 0.3) is 0 Å². The number of carboxylic acid groups (broad SMARTS) is 1. The van der Waals surface area contributed by atoms with Crippen LogP contribution < -0.4 is 5.73 Å². The SMILES string of the molecule is Cn1cc(Cn2nnc(C(=O)O)c2CCN)nn1. The molecule has 9 nitrogen and oxygen atoms in total. The average molecular weight is 251 g/mol. The van der Waals surface area contributed by atoms with Crippen LogP contribution in [0.5, 0.6) is 0 Å². The van der Waals surface area contributed by atoms with Gasteiger partial charge in [0.25, 0.3) is 0 Å². The number of carbonyl (C=O) groups is 1. The molecule has 0 aliphatic rings. The second-order valence-corrected chi connectivity index (χ2v) is 3.77. The molecule has 0 saturated heterocycles. The zero-order valence-electron chi connectivity index (χ0n) is 9.81. The van der Waals surface area contributed by atoms with E-state index in [1.807, 2.05) is 0 Å². The van der Waals surface area contributed by atoms with Crippen LogP contribution in [-0.4, -0.2) is 47.6 Å². The molecule has 18 heavy (non-hydrogen) atoms. The Balaban J connectivity index is 2.29. The summed E-state index contributed by atoms with van der Waals surface area (Å²) < 4.78 is 3.05. The number of rotatable bonds is 5. The number of aromatic carboxylic acids is 1. The number of hydrogen-bond donors (Lipinski definition) is 2. The van der Waals surface area contributed by atoms with Crippen LogP contribution in [0.3, 0.4) is 0 Å². The highest BCUT2D eigenvalue weighted by Gasteiger charge is 2.18. The highest BCUT2D eigenvalue weighted by atomic mass is 16.4. The molecule has 2 rings (SSSR count). The molecule has 0 fully saturated rings. The zero-order valence-corrected chi connectivity index (χ0v) is 9.81. The van der Waals surface area contributed by atoms with Gasteiger partial charge in [0.05, 0.1) is 12.2 Å². The predicted octanol–water partition coefficient (Wildman–Crippen LogP) is -1.35. The van der Waals surface area contributed by atoms with Gasteiger partial charge in [0.2, 0.25) is 0 Å². The van der Waals surface area contributed by atoms with Gasteiger partial charge < -0.3 is 10.8 Å². The largest absolute Gasteiger partial charge is 0.476 e. The standard InChI is InChI=1S/C9H13N7O2/c1-15-4-6(11-13-15)5-16-7(2-3-10)8(9(17)18)12-14-16/h4H,2-3,5,10H2,1H3,(H,17,18). The lowest BCUT2D eigenvalue weighted by Crippen LogP contribution is -2.14. The highest BCUT2D eigenvalue weighted by molar-refractivity contribution is 5.86. The molecule has 0 bridgehead atoms. The smallest absolute Gasteiger partial charge is 0.358 e. The van der Waals surface area contributed by atoms with E-state index in [-0.39, 0.29) is 5.69 Å². The van der Waals surface area contributed by atoms with Crippen LogP contribution in [0.2, 0.25) is 0 Å². The maximum Gasteiger partial charge on any atom is 0.358 e. The monoisotopic (exact) mass is 251 g/mol. The van der Waals surface area contributed by atoms with Crippen molar-refractivity contribution in [3.8, 4) is 0 Å². The Morgan fingerprint density at radius 1 is 1.44 bits per heavy atom. The molecule has 9 heteroatoms.